The molecule has 0 radical (unpaired) electrons. The predicted molar refractivity (Wildman–Crippen MR) is 218 cm³/mol. The summed E-state index contributed by atoms with van der Waals surface area (Å²) in [4.78, 5) is -1.36. The summed E-state index contributed by atoms with van der Waals surface area (Å²) in [6.45, 7) is 1.97. The third-order valence-electron chi connectivity index (χ3n) is 7.98. The summed E-state index contributed by atoms with van der Waals surface area (Å²) in [5.41, 5.74) is 4.02. The van der Waals surface area contributed by atoms with Crippen LogP contribution in [0.3, 0.4) is 0 Å². The van der Waals surface area contributed by atoms with E-state index in [4.69, 9.17) is 4.55 Å². The van der Waals surface area contributed by atoms with Crippen LogP contribution in [0.2, 0.25) is 0 Å². The van der Waals surface area contributed by atoms with E-state index in [-0.39, 0.29) is 27.4 Å². The molecule has 6 aromatic carbocycles. The van der Waals surface area contributed by atoms with Gasteiger partial charge in [-0.15, -0.1) is 0 Å². The lowest BCUT2D eigenvalue weighted by Gasteiger charge is -2.06. The maximum absolute atomic E-state index is 12.4. The fraction of sp³-hybridized carbons (Fsp3) is 0.0256. The highest BCUT2D eigenvalue weighted by Crippen LogP contribution is 2.31. The molecule has 0 spiro atoms. The first kappa shape index (κ1) is 41.8. The van der Waals surface area contributed by atoms with Crippen LogP contribution in [0.5, 0.6) is 0 Å². The molecule has 6 aromatic rings. The molecule has 59 heavy (non-hydrogen) atoms. The number of azo groups is 4. The molecule has 0 amide bonds. The third kappa shape index (κ3) is 11.9. The maximum atomic E-state index is 12.4. The molecular weight excluding hydrogens is 821 g/mol. The Balaban J connectivity index is 1.15. The van der Waals surface area contributed by atoms with Gasteiger partial charge in [0.05, 0.1) is 50.4 Å². The van der Waals surface area contributed by atoms with Crippen LogP contribution < -0.4 is 0 Å². The van der Waals surface area contributed by atoms with Gasteiger partial charge in [-0.05, 0) is 127 Å². The summed E-state index contributed by atoms with van der Waals surface area (Å²) >= 11 is 0. The molecule has 0 aliphatic carbocycles. The first-order valence-corrected chi connectivity index (χ1v) is 21.2. The fourth-order valence-corrected chi connectivity index (χ4v) is 6.89. The summed E-state index contributed by atoms with van der Waals surface area (Å²) in [6, 6.07) is 33.2. The van der Waals surface area contributed by atoms with Gasteiger partial charge in [-0.3, -0.25) is 13.7 Å². The molecule has 0 fully saturated rings. The van der Waals surface area contributed by atoms with Crippen molar-refractivity contribution in [3.8, 4) is 0 Å². The van der Waals surface area contributed by atoms with E-state index < -0.39 is 40.1 Å². The topological polar surface area (TPSA) is 262 Å². The van der Waals surface area contributed by atoms with Crippen LogP contribution >= 0.6 is 0 Å². The Bertz CT molecular complexity index is 2990. The summed E-state index contributed by atoms with van der Waals surface area (Å²) in [5.74, 6) is 0. The molecule has 0 aromatic heterocycles. The number of benzene rings is 6. The van der Waals surface area contributed by atoms with Crippen molar-refractivity contribution < 1.29 is 38.9 Å². The van der Waals surface area contributed by atoms with E-state index in [1.807, 2.05) is 31.2 Å². The average molecular weight is 851 g/mol. The second kappa shape index (κ2) is 17.8. The van der Waals surface area contributed by atoms with Crippen molar-refractivity contribution in [2.75, 3.05) is 0 Å². The van der Waals surface area contributed by atoms with Crippen LogP contribution in [0.1, 0.15) is 16.7 Å². The zero-order valence-electron chi connectivity index (χ0n) is 30.4. The van der Waals surface area contributed by atoms with E-state index in [1.165, 1.54) is 60.7 Å². The Morgan fingerprint density at radius 2 is 0.610 bits per heavy atom. The van der Waals surface area contributed by atoms with Crippen molar-refractivity contribution in [1.29, 1.82) is 0 Å². The fourth-order valence-electron chi connectivity index (χ4n) is 5.00. The van der Waals surface area contributed by atoms with Crippen LogP contribution in [0.4, 0.5) is 45.5 Å². The van der Waals surface area contributed by atoms with Gasteiger partial charge in [0.15, 0.2) is 0 Å². The Morgan fingerprint density at radius 3 is 0.898 bits per heavy atom. The average Bonchev–Trinajstić information content (AvgIpc) is 3.20. The van der Waals surface area contributed by atoms with Crippen molar-refractivity contribution in [2.45, 2.75) is 21.6 Å². The predicted octanol–water partition coefficient (Wildman–Crippen LogP) is 11.6. The van der Waals surface area contributed by atoms with Crippen molar-refractivity contribution >= 4 is 88.0 Å². The first-order valence-electron chi connectivity index (χ1n) is 16.9. The molecule has 0 aliphatic rings. The van der Waals surface area contributed by atoms with E-state index in [0.717, 1.165) is 17.7 Å². The smallest absolute Gasteiger partial charge is 0.282 e. The van der Waals surface area contributed by atoms with Crippen LogP contribution in [0.25, 0.3) is 12.2 Å². The van der Waals surface area contributed by atoms with Crippen LogP contribution in [0, 0.1) is 6.92 Å². The van der Waals surface area contributed by atoms with Crippen molar-refractivity contribution in [1.82, 2.24) is 0 Å². The summed E-state index contributed by atoms with van der Waals surface area (Å²) < 4.78 is 101. The summed E-state index contributed by atoms with van der Waals surface area (Å²) in [6.07, 6.45) is 2.48. The maximum Gasteiger partial charge on any atom is 0.295 e. The van der Waals surface area contributed by atoms with Crippen LogP contribution in [-0.2, 0) is 30.4 Å². The standard InChI is InChI=1S/C39H30N8O9S3/c1-26-2-8-29(9-3-26)40-41-30-12-16-32(17-13-30)44-46-35-10-6-27(38(24-35)58(51,52)53)4-5-28-7-11-36(25-39(28)59(54,55)56)47-45-33-18-14-31(15-19-33)42-43-34-20-22-37(23-21-34)57(48,49)50/h2-25H,1H3,(H,48,49,50)(H,51,52,53)(H,54,55,56)/b5-4-,41-40?,43-42?,46-44?,47-45?. The number of hydrogen-bond acceptors (Lipinski definition) is 14. The second-order valence-corrected chi connectivity index (χ2v) is 16.6. The lowest BCUT2D eigenvalue weighted by molar-refractivity contribution is 0.480. The Kier molecular flexibility index (Phi) is 12.6. The zero-order chi connectivity index (χ0) is 42.2. The number of nitrogens with zero attached hydrogens (tertiary/aromatic N) is 8. The molecule has 0 aliphatic heterocycles. The highest BCUT2D eigenvalue weighted by Gasteiger charge is 2.18. The zero-order valence-corrected chi connectivity index (χ0v) is 32.9. The van der Waals surface area contributed by atoms with Gasteiger partial charge in [0, 0.05) is 0 Å². The van der Waals surface area contributed by atoms with Gasteiger partial charge in [0.25, 0.3) is 30.4 Å². The summed E-state index contributed by atoms with van der Waals surface area (Å²) in [7, 11) is -13.9. The molecule has 0 heterocycles. The lowest BCUT2D eigenvalue weighted by atomic mass is 10.1. The molecule has 298 valence electrons. The number of rotatable bonds is 13. The number of aryl methyl sites for hydroxylation is 1. The SMILES string of the molecule is Cc1ccc(N=Nc2ccc(N=Nc3ccc(/C=C\c4ccc(N=Nc5ccc(N=Nc6ccc(S(=O)(=O)O)cc6)cc5)cc4S(=O)(=O)O)c(S(=O)(=O)O)c3)cc2)cc1. The molecular formula is C39H30N8O9S3. The highest BCUT2D eigenvalue weighted by atomic mass is 32.2. The van der Waals surface area contributed by atoms with Gasteiger partial charge in [-0.25, -0.2) is 0 Å². The van der Waals surface area contributed by atoms with Gasteiger partial charge in [-0.2, -0.15) is 66.2 Å². The molecule has 0 saturated heterocycles. The molecule has 17 nitrogen and oxygen atoms in total. The Hall–Kier alpha value is -6.81. The van der Waals surface area contributed by atoms with E-state index >= 15 is 0 Å². The first-order chi connectivity index (χ1) is 28.0. The van der Waals surface area contributed by atoms with Crippen molar-refractivity contribution in [3.05, 3.63) is 150 Å². The van der Waals surface area contributed by atoms with Gasteiger partial charge in [-0.1, -0.05) is 42.0 Å². The molecule has 0 bridgehead atoms. The Morgan fingerprint density at radius 1 is 0.356 bits per heavy atom. The normalized spacial score (nSPS) is 12.8. The van der Waals surface area contributed by atoms with E-state index in [1.54, 1.807) is 48.5 Å². The molecule has 20 heteroatoms. The van der Waals surface area contributed by atoms with Gasteiger partial charge < -0.3 is 0 Å². The van der Waals surface area contributed by atoms with E-state index in [2.05, 4.69) is 40.9 Å². The minimum Gasteiger partial charge on any atom is -0.282 e. The van der Waals surface area contributed by atoms with E-state index in [9.17, 15) is 34.4 Å². The number of hydrogen-bond donors (Lipinski definition) is 3. The summed E-state index contributed by atoms with van der Waals surface area (Å²) in [5, 5.41) is 32.8. The monoisotopic (exact) mass is 850 g/mol. The minimum atomic E-state index is -4.81. The van der Waals surface area contributed by atoms with Gasteiger partial charge in [0.1, 0.15) is 9.79 Å². The molecule has 6 rings (SSSR count). The van der Waals surface area contributed by atoms with Crippen LogP contribution in [0.15, 0.2) is 189 Å². The molecule has 0 unspecified atom stereocenters. The Labute approximate surface area is 338 Å². The molecule has 0 saturated carbocycles. The largest absolute Gasteiger partial charge is 0.295 e. The van der Waals surface area contributed by atoms with Gasteiger partial charge in [0.2, 0.25) is 0 Å². The van der Waals surface area contributed by atoms with Crippen molar-refractivity contribution in [2.24, 2.45) is 40.9 Å². The van der Waals surface area contributed by atoms with Crippen molar-refractivity contribution in [3.63, 3.8) is 0 Å². The third-order valence-corrected chi connectivity index (χ3v) is 10.7. The molecule has 3 N–H and O–H groups in total. The minimum absolute atomic E-state index is 0.0159. The molecule has 0 atom stereocenters. The van der Waals surface area contributed by atoms with E-state index in [0.29, 0.717) is 34.1 Å². The highest BCUT2D eigenvalue weighted by molar-refractivity contribution is 7.86. The quantitative estimate of drug-likeness (QED) is 0.0566. The van der Waals surface area contributed by atoms with Gasteiger partial charge >= 0.3 is 0 Å². The second-order valence-electron chi connectivity index (χ2n) is 12.4. The van der Waals surface area contributed by atoms with Crippen LogP contribution in [-0.4, -0.2) is 38.9 Å². The lowest BCUT2D eigenvalue weighted by Crippen LogP contribution is -2.01.